The number of nitrogens with zero attached hydrogens (tertiary/aromatic N) is 1. The van der Waals surface area contributed by atoms with Crippen LogP contribution in [0.25, 0.3) is 0 Å². The van der Waals surface area contributed by atoms with Crippen LogP contribution in [0.4, 0.5) is 8.78 Å². The average molecular weight is 201 g/mol. The molecule has 3 nitrogen and oxygen atoms in total. The maximum Gasteiger partial charge on any atom is 0.281 e. The van der Waals surface area contributed by atoms with Gasteiger partial charge in [0.1, 0.15) is 5.69 Å². The minimum Gasteiger partial charge on any atom is -0.481 e. The molecule has 0 aliphatic carbocycles. The number of halogens is 2. The molecule has 0 fully saturated rings. The molecule has 0 amide bonds. The largest absolute Gasteiger partial charge is 0.481 e. The van der Waals surface area contributed by atoms with E-state index in [1.807, 2.05) is 0 Å². The van der Waals surface area contributed by atoms with E-state index in [-0.39, 0.29) is 11.4 Å². The molecular weight excluding hydrogens is 192 g/mol. The lowest BCUT2D eigenvalue weighted by atomic mass is 10.1. The molecule has 5 heteroatoms. The molecule has 0 saturated heterocycles. The van der Waals surface area contributed by atoms with Crippen LogP contribution in [0.1, 0.15) is 28.0 Å². The first-order chi connectivity index (χ1) is 6.60. The summed E-state index contributed by atoms with van der Waals surface area (Å²) >= 11 is 0. The Bertz CT molecular complexity index is 353. The van der Waals surface area contributed by atoms with Crippen molar-refractivity contribution in [1.29, 1.82) is 0 Å². The van der Waals surface area contributed by atoms with E-state index in [2.05, 4.69) is 4.98 Å². The van der Waals surface area contributed by atoms with Crippen molar-refractivity contribution < 1.29 is 18.3 Å². The lowest BCUT2D eigenvalue weighted by molar-refractivity contribution is 0.110. The first-order valence-electron chi connectivity index (χ1n) is 3.89. The molecule has 0 aliphatic heterocycles. The van der Waals surface area contributed by atoms with Crippen LogP contribution in [-0.4, -0.2) is 18.4 Å². The van der Waals surface area contributed by atoms with Gasteiger partial charge in [0.25, 0.3) is 6.43 Å². The summed E-state index contributed by atoms with van der Waals surface area (Å²) in [7, 11) is 1.34. The van der Waals surface area contributed by atoms with Crippen molar-refractivity contribution in [3.8, 4) is 5.88 Å². The molecule has 76 valence electrons. The number of hydrogen-bond donors (Lipinski definition) is 0. The molecule has 1 aromatic heterocycles. The van der Waals surface area contributed by atoms with E-state index < -0.39 is 12.1 Å². The van der Waals surface area contributed by atoms with Gasteiger partial charge in [-0.05, 0) is 13.0 Å². The Labute approximate surface area is 79.7 Å². The van der Waals surface area contributed by atoms with Crippen LogP contribution in [0.3, 0.4) is 0 Å². The third-order valence-electron chi connectivity index (χ3n) is 1.75. The summed E-state index contributed by atoms with van der Waals surface area (Å²) in [5.41, 5.74) is -0.0836. The van der Waals surface area contributed by atoms with E-state index in [9.17, 15) is 13.6 Å². The van der Waals surface area contributed by atoms with E-state index in [1.165, 1.54) is 13.2 Å². The third kappa shape index (κ3) is 1.86. The Morgan fingerprint density at radius 1 is 1.57 bits per heavy atom. The predicted octanol–water partition coefficient (Wildman–Crippen LogP) is 2.15. The molecule has 14 heavy (non-hydrogen) atoms. The van der Waals surface area contributed by atoms with Crippen molar-refractivity contribution in [1.82, 2.24) is 4.98 Å². The first-order valence-corrected chi connectivity index (χ1v) is 3.89. The lowest BCUT2D eigenvalue weighted by Gasteiger charge is -2.08. The van der Waals surface area contributed by atoms with Gasteiger partial charge in [-0.2, -0.15) is 0 Å². The van der Waals surface area contributed by atoms with E-state index in [0.717, 1.165) is 0 Å². The molecule has 0 atom stereocenters. The van der Waals surface area contributed by atoms with Crippen LogP contribution in [0.15, 0.2) is 6.07 Å². The Kier molecular flexibility index (Phi) is 3.11. The number of methoxy groups -OCH3 is 1. The quantitative estimate of drug-likeness (QED) is 0.703. The molecule has 0 saturated carbocycles. The van der Waals surface area contributed by atoms with E-state index in [4.69, 9.17) is 4.74 Å². The second-order valence-electron chi connectivity index (χ2n) is 2.71. The molecule has 1 rings (SSSR count). The second kappa shape index (κ2) is 4.13. The highest BCUT2D eigenvalue weighted by molar-refractivity contribution is 5.77. The lowest BCUT2D eigenvalue weighted by Crippen LogP contribution is -2.02. The third-order valence-corrected chi connectivity index (χ3v) is 1.75. The zero-order valence-corrected chi connectivity index (χ0v) is 7.75. The molecule has 0 unspecified atom stereocenters. The zero-order chi connectivity index (χ0) is 10.7. The maximum absolute atomic E-state index is 12.4. The summed E-state index contributed by atoms with van der Waals surface area (Å²) < 4.78 is 29.5. The smallest absolute Gasteiger partial charge is 0.281 e. The molecule has 1 aromatic rings. The number of ether oxygens (including phenoxy) is 1. The molecule has 1 heterocycles. The van der Waals surface area contributed by atoms with E-state index >= 15 is 0 Å². The van der Waals surface area contributed by atoms with Gasteiger partial charge in [-0.1, -0.05) is 0 Å². The summed E-state index contributed by atoms with van der Waals surface area (Å²) in [5.74, 6) is 0.117. The Hall–Kier alpha value is -1.52. The second-order valence-corrected chi connectivity index (χ2v) is 2.71. The number of pyridine rings is 1. The predicted molar refractivity (Wildman–Crippen MR) is 45.9 cm³/mol. The number of aldehydes is 1. The molecule has 0 aromatic carbocycles. The van der Waals surface area contributed by atoms with Gasteiger partial charge in [0.05, 0.1) is 7.11 Å². The van der Waals surface area contributed by atoms with Gasteiger partial charge >= 0.3 is 0 Å². The normalized spacial score (nSPS) is 10.4. The highest BCUT2D eigenvalue weighted by Gasteiger charge is 2.17. The van der Waals surface area contributed by atoms with Crippen molar-refractivity contribution in [2.75, 3.05) is 7.11 Å². The van der Waals surface area contributed by atoms with Gasteiger partial charge in [0.15, 0.2) is 6.29 Å². The number of hydrogen-bond acceptors (Lipinski definition) is 3. The molecule has 0 N–H and O–H groups in total. The Balaban J connectivity index is 3.32. The molecule has 0 spiro atoms. The summed E-state index contributed by atoms with van der Waals surface area (Å²) in [6.07, 6.45) is -2.41. The van der Waals surface area contributed by atoms with E-state index in [0.29, 0.717) is 11.8 Å². The molecular formula is C9H9F2NO2. The van der Waals surface area contributed by atoms with Crippen LogP contribution in [0.2, 0.25) is 0 Å². The van der Waals surface area contributed by atoms with Gasteiger partial charge in [-0.3, -0.25) is 4.79 Å². The fraction of sp³-hybridized carbons (Fsp3) is 0.333. The van der Waals surface area contributed by atoms with Crippen LogP contribution in [-0.2, 0) is 0 Å². The van der Waals surface area contributed by atoms with Crippen LogP contribution in [0, 0.1) is 6.92 Å². The number of alkyl halides is 2. The highest BCUT2D eigenvalue weighted by atomic mass is 19.3. The van der Waals surface area contributed by atoms with Gasteiger partial charge in [0, 0.05) is 11.1 Å². The van der Waals surface area contributed by atoms with Crippen LogP contribution >= 0.6 is 0 Å². The topological polar surface area (TPSA) is 39.2 Å². The molecule has 0 aliphatic rings. The summed E-state index contributed by atoms with van der Waals surface area (Å²) in [4.78, 5) is 14.0. The highest BCUT2D eigenvalue weighted by Crippen LogP contribution is 2.25. The van der Waals surface area contributed by atoms with Crippen LogP contribution < -0.4 is 4.74 Å². The van der Waals surface area contributed by atoms with Crippen molar-refractivity contribution in [2.24, 2.45) is 0 Å². The van der Waals surface area contributed by atoms with Crippen molar-refractivity contribution in [3.63, 3.8) is 0 Å². The van der Waals surface area contributed by atoms with Crippen molar-refractivity contribution >= 4 is 6.29 Å². The van der Waals surface area contributed by atoms with Gasteiger partial charge in [-0.15, -0.1) is 0 Å². The number of carbonyl (C=O) groups is 1. The Morgan fingerprint density at radius 2 is 2.21 bits per heavy atom. The van der Waals surface area contributed by atoms with E-state index in [1.54, 1.807) is 6.92 Å². The fourth-order valence-corrected chi connectivity index (χ4v) is 1.11. The summed E-state index contributed by atoms with van der Waals surface area (Å²) in [6.45, 7) is 1.63. The standard InChI is InChI=1S/C9H9F2NO2/c1-5-3-6(4-13)7(8(10)11)12-9(5)14-2/h3-4,8H,1-2H3. The maximum atomic E-state index is 12.4. The number of aromatic nitrogens is 1. The van der Waals surface area contributed by atoms with Crippen molar-refractivity contribution in [2.45, 2.75) is 13.3 Å². The fourth-order valence-electron chi connectivity index (χ4n) is 1.11. The van der Waals surface area contributed by atoms with Crippen LogP contribution in [0.5, 0.6) is 5.88 Å². The SMILES string of the molecule is COc1nc(C(F)F)c(C=O)cc1C. The number of rotatable bonds is 3. The average Bonchev–Trinajstić information content (AvgIpc) is 2.16. The minimum atomic E-state index is -2.77. The number of carbonyl (C=O) groups excluding carboxylic acids is 1. The molecule has 0 bridgehead atoms. The number of aryl methyl sites for hydroxylation is 1. The Morgan fingerprint density at radius 3 is 2.64 bits per heavy atom. The first kappa shape index (κ1) is 10.6. The van der Waals surface area contributed by atoms with Crippen molar-refractivity contribution in [3.05, 3.63) is 22.9 Å². The van der Waals surface area contributed by atoms with Gasteiger partial charge in [-0.25, -0.2) is 13.8 Å². The summed E-state index contributed by atoms with van der Waals surface area (Å²) in [5, 5.41) is 0. The molecule has 0 radical (unpaired) electrons. The summed E-state index contributed by atoms with van der Waals surface area (Å²) in [6, 6.07) is 1.33. The van der Waals surface area contributed by atoms with Gasteiger partial charge < -0.3 is 4.74 Å². The zero-order valence-electron chi connectivity index (χ0n) is 7.75. The van der Waals surface area contributed by atoms with Gasteiger partial charge in [0.2, 0.25) is 5.88 Å². The monoisotopic (exact) mass is 201 g/mol. The minimum absolute atomic E-state index is 0.0988.